The van der Waals surface area contributed by atoms with Crippen molar-refractivity contribution in [2.45, 2.75) is 262 Å². The molecule has 1 saturated carbocycles. The average Bonchev–Trinajstić information content (AvgIpc) is 3.09. The third-order valence-corrected chi connectivity index (χ3v) is 14.9. The maximum atomic E-state index is 11.0. The Morgan fingerprint density at radius 3 is 1.59 bits per heavy atom. The van der Waals surface area contributed by atoms with Crippen LogP contribution in [0.25, 0.3) is 0 Å². The third kappa shape index (κ3) is 12.7. The van der Waals surface area contributed by atoms with Crippen LogP contribution >= 0.6 is 0 Å². The number of unbranched alkanes of at least 4 members (excludes halogenated alkanes) is 13. The van der Waals surface area contributed by atoms with E-state index in [4.69, 9.17) is 0 Å². The first-order valence-corrected chi connectivity index (χ1v) is 22.9. The summed E-state index contributed by atoms with van der Waals surface area (Å²) in [6.07, 6.45) is 36.8. The van der Waals surface area contributed by atoms with E-state index in [0.29, 0.717) is 12.8 Å². The Morgan fingerprint density at radius 1 is 0.627 bits per heavy atom. The number of hydrogen-bond donors (Lipinski definition) is 2. The lowest BCUT2D eigenvalue weighted by molar-refractivity contribution is -0.155. The van der Waals surface area contributed by atoms with Gasteiger partial charge in [0.15, 0.2) is 0 Å². The van der Waals surface area contributed by atoms with E-state index < -0.39 is 12.2 Å². The van der Waals surface area contributed by atoms with E-state index in [2.05, 4.69) is 95.2 Å². The molecular formula is C49H94O2. The molecule has 0 aliphatic heterocycles. The van der Waals surface area contributed by atoms with Crippen molar-refractivity contribution in [2.75, 3.05) is 0 Å². The second kappa shape index (κ2) is 24.0. The van der Waals surface area contributed by atoms with Gasteiger partial charge >= 0.3 is 0 Å². The molecule has 1 aliphatic carbocycles. The minimum Gasteiger partial charge on any atom is -0.393 e. The van der Waals surface area contributed by atoms with Crippen LogP contribution in [0.4, 0.5) is 0 Å². The van der Waals surface area contributed by atoms with Crippen molar-refractivity contribution >= 4 is 0 Å². The fraction of sp³-hybridized carbons (Fsp3) is 0.918. The summed E-state index contributed by atoms with van der Waals surface area (Å²) in [6, 6.07) is 0. The average molecular weight is 715 g/mol. The number of allylic oxidation sites excluding steroid dienone is 3. The van der Waals surface area contributed by atoms with Gasteiger partial charge in [-0.25, -0.2) is 0 Å². The van der Waals surface area contributed by atoms with Gasteiger partial charge in [0.1, 0.15) is 0 Å². The van der Waals surface area contributed by atoms with Crippen molar-refractivity contribution in [3.05, 3.63) is 23.3 Å². The van der Waals surface area contributed by atoms with Gasteiger partial charge in [-0.1, -0.05) is 215 Å². The van der Waals surface area contributed by atoms with Crippen molar-refractivity contribution in [3.63, 3.8) is 0 Å². The van der Waals surface area contributed by atoms with Gasteiger partial charge in [0.05, 0.1) is 12.2 Å². The second-order valence-corrected chi connectivity index (χ2v) is 19.0. The van der Waals surface area contributed by atoms with Crippen LogP contribution in [-0.4, -0.2) is 22.4 Å². The Morgan fingerprint density at radius 2 is 1.10 bits per heavy atom. The summed E-state index contributed by atoms with van der Waals surface area (Å²) in [7, 11) is 0. The topological polar surface area (TPSA) is 40.5 Å². The number of aliphatic hydroxyl groups excluding tert-OH is 2. The highest BCUT2D eigenvalue weighted by atomic mass is 16.3. The SMILES string of the molecule is CCCCCCCCC(C)(C)[C@](CCCCCC)(CCCCCCC)[C@](C)(CCCC)[C@](CC)(CCC)/C(C)=C/C=C1\C[C@@H](O)C[C@H](O)C1(C)C. The fourth-order valence-electron chi connectivity index (χ4n) is 11.3. The molecule has 0 amide bonds. The third-order valence-electron chi connectivity index (χ3n) is 14.9. The normalized spacial score (nSPS) is 22.9. The molecule has 51 heavy (non-hydrogen) atoms. The zero-order valence-corrected chi connectivity index (χ0v) is 37.1. The van der Waals surface area contributed by atoms with Crippen LogP contribution in [0.5, 0.6) is 0 Å². The quantitative estimate of drug-likeness (QED) is 0.0757. The van der Waals surface area contributed by atoms with Crippen molar-refractivity contribution in [3.8, 4) is 0 Å². The molecule has 2 nitrogen and oxygen atoms in total. The number of aliphatic hydroxyl groups is 2. The minimum absolute atomic E-state index is 0.0800. The van der Waals surface area contributed by atoms with Crippen molar-refractivity contribution < 1.29 is 10.2 Å². The van der Waals surface area contributed by atoms with Crippen LogP contribution in [0.3, 0.4) is 0 Å². The highest BCUT2D eigenvalue weighted by Crippen LogP contribution is 2.71. The molecule has 302 valence electrons. The Bertz CT molecular complexity index is 973. The van der Waals surface area contributed by atoms with Crippen LogP contribution in [0.2, 0.25) is 0 Å². The molecule has 0 spiro atoms. The zero-order valence-electron chi connectivity index (χ0n) is 37.1. The van der Waals surface area contributed by atoms with Crippen molar-refractivity contribution in [1.82, 2.24) is 0 Å². The van der Waals surface area contributed by atoms with Crippen molar-refractivity contribution in [1.29, 1.82) is 0 Å². The van der Waals surface area contributed by atoms with E-state index in [1.807, 2.05) is 0 Å². The molecule has 0 radical (unpaired) electrons. The molecule has 0 saturated heterocycles. The first-order valence-electron chi connectivity index (χ1n) is 22.9. The minimum atomic E-state index is -0.506. The highest BCUT2D eigenvalue weighted by molar-refractivity contribution is 5.30. The molecule has 0 unspecified atom stereocenters. The summed E-state index contributed by atoms with van der Waals surface area (Å²) in [5, 5.41) is 21.7. The maximum absolute atomic E-state index is 11.0. The Hall–Kier alpha value is -0.600. The molecule has 0 aromatic carbocycles. The highest BCUT2D eigenvalue weighted by Gasteiger charge is 2.62. The molecule has 5 atom stereocenters. The van der Waals surface area contributed by atoms with Gasteiger partial charge in [-0.3, -0.25) is 0 Å². The maximum Gasteiger partial charge on any atom is 0.0653 e. The standard InChI is InChI=1S/C49H94O2/c1-13-19-23-26-28-29-35-45(8,9)49(37-30-25-21-15-3,38-31-27-24-20-14-2)47(12,36-22-16-4)48(18-6,34-17-5)41(7)32-33-42-39-43(50)40-44(51)46(42,10)11/h32-33,43-44,50-51H,13-31,34-40H2,1-12H3/b41-32+,42-33+/t43-,44+,47-,48-,49+/m1/s1. The molecule has 1 rings (SSSR count). The summed E-state index contributed by atoms with van der Waals surface area (Å²) >= 11 is 0. The Balaban J connectivity index is 4.09. The molecule has 2 heteroatoms. The summed E-state index contributed by atoms with van der Waals surface area (Å²) in [5.41, 5.74) is 3.13. The van der Waals surface area contributed by atoms with Gasteiger partial charge in [-0.2, -0.15) is 0 Å². The van der Waals surface area contributed by atoms with Gasteiger partial charge in [0, 0.05) is 11.8 Å². The molecule has 1 fully saturated rings. The van der Waals surface area contributed by atoms with Crippen LogP contribution in [0.1, 0.15) is 250 Å². The van der Waals surface area contributed by atoms with E-state index in [-0.39, 0.29) is 27.1 Å². The van der Waals surface area contributed by atoms with Crippen LogP contribution < -0.4 is 0 Å². The lowest BCUT2D eigenvalue weighted by atomic mass is 9.38. The molecular weight excluding hydrogens is 621 g/mol. The lowest BCUT2D eigenvalue weighted by Crippen LogP contribution is -2.58. The Kier molecular flexibility index (Phi) is 22.8. The summed E-state index contributed by atoms with van der Waals surface area (Å²) in [4.78, 5) is 0. The van der Waals surface area contributed by atoms with E-state index in [9.17, 15) is 10.2 Å². The molecule has 2 N–H and O–H groups in total. The lowest BCUT2D eigenvalue weighted by Gasteiger charge is -2.66. The van der Waals surface area contributed by atoms with Crippen LogP contribution in [-0.2, 0) is 0 Å². The summed E-state index contributed by atoms with van der Waals surface area (Å²) < 4.78 is 0. The second-order valence-electron chi connectivity index (χ2n) is 19.0. The van der Waals surface area contributed by atoms with E-state index in [1.165, 1.54) is 160 Å². The van der Waals surface area contributed by atoms with Crippen LogP contribution in [0, 0.1) is 27.1 Å². The predicted molar refractivity (Wildman–Crippen MR) is 228 cm³/mol. The Labute approximate surface area is 321 Å². The fourth-order valence-corrected chi connectivity index (χ4v) is 11.3. The molecule has 0 heterocycles. The van der Waals surface area contributed by atoms with Crippen molar-refractivity contribution in [2.24, 2.45) is 27.1 Å². The van der Waals surface area contributed by atoms with Gasteiger partial charge in [-0.15, -0.1) is 0 Å². The first-order chi connectivity index (χ1) is 24.2. The number of rotatable bonds is 29. The monoisotopic (exact) mass is 715 g/mol. The summed E-state index contributed by atoms with van der Waals surface area (Å²) in [6.45, 7) is 29.5. The largest absolute Gasteiger partial charge is 0.393 e. The molecule has 0 aromatic rings. The zero-order chi connectivity index (χ0) is 38.6. The smallest absolute Gasteiger partial charge is 0.0653 e. The van der Waals surface area contributed by atoms with E-state index in [1.54, 1.807) is 5.57 Å². The first kappa shape index (κ1) is 48.4. The molecule has 0 bridgehead atoms. The van der Waals surface area contributed by atoms with Crippen LogP contribution in [0.15, 0.2) is 23.3 Å². The van der Waals surface area contributed by atoms with Gasteiger partial charge < -0.3 is 10.2 Å². The predicted octanol–water partition coefficient (Wildman–Crippen LogP) is 15.9. The number of hydrogen-bond acceptors (Lipinski definition) is 2. The summed E-state index contributed by atoms with van der Waals surface area (Å²) in [5.74, 6) is 0. The van der Waals surface area contributed by atoms with Gasteiger partial charge in [-0.05, 0) is 73.5 Å². The van der Waals surface area contributed by atoms with E-state index in [0.717, 1.165) is 0 Å². The van der Waals surface area contributed by atoms with Gasteiger partial charge in [0.2, 0.25) is 0 Å². The van der Waals surface area contributed by atoms with Gasteiger partial charge in [0.25, 0.3) is 0 Å². The molecule has 0 aromatic heterocycles. The molecule has 1 aliphatic rings. The van der Waals surface area contributed by atoms with E-state index >= 15 is 0 Å².